The predicted molar refractivity (Wildman–Crippen MR) is 139 cm³/mol. The lowest BCUT2D eigenvalue weighted by molar-refractivity contribution is 0.194. The molecule has 0 spiro atoms. The molecule has 2 aromatic carbocycles. The molecule has 0 aliphatic carbocycles. The molecule has 2 nitrogen and oxygen atoms in total. The summed E-state index contributed by atoms with van der Waals surface area (Å²) in [5.74, 6) is 0.702. The molecule has 2 aromatic rings. The van der Waals surface area contributed by atoms with Gasteiger partial charge in [0.1, 0.15) is 5.76 Å². The van der Waals surface area contributed by atoms with Crippen molar-refractivity contribution in [2.45, 2.75) is 60.8 Å². The number of aliphatic hydroxyl groups is 1. The third kappa shape index (κ3) is 7.15. The third-order valence-corrected chi connectivity index (χ3v) is 6.58. The largest absolute Gasteiger partial charge is 0.511 e. The van der Waals surface area contributed by atoms with E-state index in [0.29, 0.717) is 5.92 Å². The normalized spacial score (nSPS) is 14.7. The van der Waals surface area contributed by atoms with Gasteiger partial charge in [0.25, 0.3) is 0 Å². The minimum atomic E-state index is -0.0767. The molecule has 32 heavy (non-hydrogen) atoms. The van der Waals surface area contributed by atoms with Crippen molar-refractivity contribution < 1.29 is 5.11 Å². The van der Waals surface area contributed by atoms with E-state index < -0.39 is 0 Å². The van der Waals surface area contributed by atoms with Gasteiger partial charge < -0.3 is 10.8 Å². The van der Waals surface area contributed by atoms with Crippen molar-refractivity contribution in [3.63, 3.8) is 0 Å². The summed E-state index contributed by atoms with van der Waals surface area (Å²) in [6.07, 6.45) is 8.75. The highest BCUT2D eigenvalue weighted by Crippen LogP contribution is 2.38. The van der Waals surface area contributed by atoms with Crippen molar-refractivity contribution in [2.75, 3.05) is 0 Å². The van der Waals surface area contributed by atoms with Crippen LogP contribution in [0.1, 0.15) is 71.1 Å². The molecule has 0 heterocycles. The van der Waals surface area contributed by atoms with Crippen LogP contribution in [0, 0.1) is 17.3 Å². The number of nitrogens with two attached hydrogens (primary N) is 1. The van der Waals surface area contributed by atoms with E-state index in [4.69, 9.17) is 5.73 Å². The first-order chi connectivity index (χ1) is 15.2. The van der Waals surface area contributed by atoms with Gasteiger partial charge in [0, 0.05) is 12.1 Å². The molecule has 2 heteroatoms. The lowest BCUT2D eigenvalue weighted by atomic mass is 9.74. The van der Waals surface area contributed by atoms with Crippen LogP contribution in [0.4, 0.5) is 0 Å². The van der Waals surface area contributed by atoms with Crippen molar-refractivity contribution >= 4 is 5.57 Å². The number of allylic oxidation sites excluding steroid dienone is 5. The number of aliphatic hydroxyl groups excluding tert-OH is 1. The van der Waals surface area contributed by atoms with Gasteiger partial charge in [0.15, 0.2) is 0 Å². The van der Waals surface area contributed by atoms with Crippen LogP contribution < -0.4 is 5.73 Å². The van der Waals surface area contributed by atoms with Crippen LogP contribution in [0.15, 0.2) is 84.3 Å². The number of rotatable bonds is 10. The first kappa shape index (κ1) is 25.5. The molecule has 1 unspecified atom stereocenters. The lowest BCUT2D eigenvalue weighted by Gasteiger charge is -2.32. The van der Waals surface area contributed by atoms with Crippen LogP contribution in [-0.4, -0.2) is 5.11 Å². The van der Waals surface area contributed by atoms with Crippen molar-refractivity contribution in [1.82, 2.24) is 0 Å². The van der Waals surface area contributed by atoms with Crippen molar-refractivity contribution in [1.29, 1.82) is 0 Å². The fourth-order valence-corrected chi connectivity index (χ4v) is 4.06. The molecule has 1 atom stereocenters. The van der Waals surface area contributed by atoms with E-state index in [2.05, 4.69) is 101 Å². The molecule has 0 saturated carbocycles. The SMILES string of the molecule is CC/C(=C\C=C(\c1ccc(Cc2ccccc2)cc1)C(C)C)CC(C)(C)C(C)/C(O)=C\N. The van der Waals surface area contributed by atoms with Crippen LogP contribution in [0.25, 0.3) is 5.57 Å². The summed E-state index contributed by atoms with van der Waals surface area (Å²) < 4.78 is 0. The fourth-order valence-electron chi connectivity index (χ4n) is 4.06. The quantitative estimate of drug-likeness (QED) is 0.295. The summed E-state index contributed by atoms with van der Waals surface area (Å²) in [6.45, 7) is 13.1. The van der Waals surface area contributed by atoms with Gasteiger partial charge in [-0.3, -0.25) is 0 Å². The third-order valence-electron chi connectivity index (χ3n) is 6.58. The lowest BCUT2D eigenvalue weighted by Crippen LogP contribution is -2.24. The Kier molecular flexibility index (Phi) is 9.38. The highest BCUT2D eigenvalue weighted by atomic mass is 16.3. The average molecular weight is 432 g/mol. The molecule has 0 amide bonds. The van der Waals surface area contributed by atoms with Gasteiger partial charge in [0.2, 0.25) is 0 Å². The summed E-state index contributed by atoms with van der Waals surface area (Å²) in [6, 6.07) is 19.6. The number of hydrogen-bond acceptors (Lipinski definition) is 2. The van der Waals surface area contributed by atoms with E-state index in [1.54, 1.807) is 0 Å². The fraction of sp³-hybridized carbons (Fsp3) is 0.400. The van der Waals surface area contributed by atoms with Crippen LogP contribution in [0.3, 0.4) is 0 Å². The van der Waals surface area contributed by atoms with Crippen LogP contribution >= 0.6 is 0 Å². The van der Waals surface area contributed by atoms with Gasteiger partial charge in [-0.1, -0.05) is 114 Å². The maximum atomic E-state index is 10.1. The minimum Gasteiger partial charge on any atom is -0.511 e. The molecule has 0 aliphatic heterocycles. The van der Waals surface area contributed by atoms with Crippen molar-refractivity contribution in [2.24, 2.45) is 23.0 Å². The van der Waals surface area contributed by atoms with Gasteiger partial charge in [-0.15, -0.1) is 0 Å². The summed E-state index contributed by atoms with van der Waals surface area (Å²) in [4.78, 5) is 0. The minimum absolute atomic E-state index is 0.00755. The van der Waals surface area contributed by atoms with Gasteiger partial charge in [-0.05, 0) is 52.9 Å². The molecule has 2 rings (SSSR count). The zero-order valence-electron chi connectivity index (χ0n) is 20.7. The smallest absolute Gasteiger partial charge is 0.111 e. The number of benzene rings is 2. The molecular formula is C30H41NO. The molecule has 0 aliphatic rings. The molecular weight excluding hydrogens is 390 g/mol. The van der Waals surface area contributed by atoms with Gasteiger partial charge in [0.05, 0.1) is 0 Å². The van der Waals surface area contributed by atoms with E-state index in [-0.39, 0.29) is 17.1 Å². The second kappa shape index (κ2) is 11.8. The standard InChI is InChI=1S/C30H41NO/c1-7-24(20-30(5,6)23(4)29(32)21-31)15-18-28(22(2)3)27-16-13-26(14-17-27)19-25-11-9-8-10-12-25/h8-18,21-23,32H,7,19-20,31H2,1-6H3/b24-15+,28-18+,29-21+. The molecule has 0 fully saturated rings. The Hall–Kier alpha value is -2.74. The molecule has 3 N–H and O–H groups in total. The van der Waals surface area contributed by atoms with Crippen molar-refractivity contribution in [3.8, 4) is 0 Å². The van der Waals surface area contributed by atoms with E-state index >= 15 is 0 Å². The first-order valence-electron chi connectivity index (χ1n) is 11.8. The monoisotopic (exact) mass is 431 g/mol. The summed E-state index contributed by atoms with van der Waals surface area (Å²) in [5, 5.41) is 10.1. The van der Waals surface area contributed by atoms with Crippen LogP contribution in [-0.2, 0) is 6.42 Å². The van der Waals surface area contributed by atoms with Crippen LogP contribution in [0.5, 0.6) is 0 Å². The first-order valence-corrected chi connectivity index (χ1v) is 11.8. The zero-order valence-corrected chi connectivity index (χ0v) is 20.7. The topological polar surface area (TPSA) is 46.2 Å². The highest BCUT2D eigenvalue weighted by molar-refractivity contribution is 5.68. The van der Waals surface area contributed by atoms with Gasteiger partial charge >= 0.3 is 0 Å². The molecule has 0 bridgehead atoms. The Morgan fingerprint density at radius 3 is 2.06 bits per heavy atom. The predicted octanol–water partition coefficient (Wildman–Crippen LogP) is 8.06. The second-order valence-electron chi connectivity index (χ2n) is 9.79. The molecule has 0 radical (unpaired) electrons. The summed E-state index contributed by atoms with van der Waals surface area (Å²) in [7, 11) is 0. The maximum Gasteiger partial charge on any atom is 0.111 e. The van der Waals surface area contributed by atoms with E-state index in [1.807, 2.05) is 6.92 Å². The van der Waals surface area contributed by atoms with Gasteiger partial charge in [-0.2, -0.15) is 0 Å². The highest BCUT2D eigenvalue weighted by Gasteiger charge is 2.29. The zero-order chi connectivity index (χ0) is 23.7. The molecule has 0 saturated heterocycles. The molecule has 172 valence electrons. The summed E-state index contributed by atoms with van der Waals surface area (Å²) >= 11 is 0. The Morgan fingerprint density at radius 2 is 1.53 bits per heavy atom. The van der Waals surface area contributed by atoms with E-state index in [0.717, 1.165) is 19.3 Å². The van der Waals surface area contributed by atoms with Gasteiger partial charge in [-0.25, -0.2) is 0 Å². The maximum absolute atomic E-state index is 10.1. The number of hydrogen-bond donors (Lipinski definition) is 2. The van der Waals surface area contributed by atoms with E-state index in [9.17, 15) is 5.11 Å². The Bertz CT molecular complexity index is 931. The summed E-state index contributed by atoms with van der Waals surface area (Å²) in [5.41, 5.74) is 12.1. The van der Waals surface area contributed by atoms with E-state index in [1.165, 1.54) is 34.0 Å². The Morgan fingerprint density at radius 1 is 0.938 bits per heavy atom. The van der Waals surface area contributed by atoms with Crippen LogP contribution in [0.2, 0.25) is 0 Å². The molecule has 0 aromatic heterocycles. The Labute approximate surface area is 195 Å². The second-order valence-corrected chi connectivity index (χ2v) is 9.79. The average Bonchev–Trinajstić information content (AvgIpc) is 2.78. The Balaban J connectivity index is 2.22. The van der Waals surface area contributed by atoms with Crippen molar-refractivity contribution in [3.05, 3.63) is 101 Å².